The van der Waals surface area contributed by atoms with Crippen molar-refractivity contribution >= 4 is 31.9 Å². The Hall–Kier alpha value is 0.0700. The highest BCUT2D eigenvalue weighted by Crippen LogP contribution is 2.14. The van der Waals surface area contributed by atoms with Crippen LogP contribution < -0.4 is 5.32 Å². The van der Waals surface area contributed by atoms with E-state index in [1.807, 2.05) is 12.1 Å². The van der Waals surface area contributed by atoms with E-state index in [1.165, 1.54) is 12.1 Å². The molecule has 16 heavy (non-hydrogen) atoms. The molecule has 0 heterocycles. The second-order valence-electron chi connectivity index (χ2n) is 3.76. The summed E-state index contributed by atoms with van der Waals surface area (Å²) in [5, 5.41) is 4.41. The van der Waals surface area contributed by atoms with E-state index in [-0.39, 0.29) is 11.9 Å². The Balaban J connectivity index is 2.40. The van der Waals surface area contributed by atoms with Gasteiger partial charge in [-0.2, -0.15) is 0 Å². The van der Waals surface area contributed by atoms with Crippen molar-refractivity contribution in [3.8, 4) is 0 Å². The maximum Gasteiger partial charge on any atom is 0.123 e. The molecule has 90 valence electrons. The molecule has 0 spiro atoms. The van der Waals surface area contributed by atoms with E-state index < -0.39 is 0 Å². The van der Waals surface area contributed by atoms with Gasteiger partial charge < -0.3 is 5.32 Å². The molecule has 0 aliphatic rings. The molecule has 2 atom stereocenters. The SMILES string of the molecule is CC(NCC(Br)CCBr)c1ccc(F)cc1. The van der Waals surface area contributed by atoms with E-state index in [2.05, 4.69) is 44.1 Å². The summed E-state index contributed by atoms with van der Waals surface area (Å²) in [7, 11) is 0. The van der Waals surface area contributed by atoms with Crippen LogP contribution in [0.3, 0.4) is 0 Å². The second kappa shape index (κ2) is 7.41. The zero-order chi connectivity index (χ0) is 12.0. The van der Waals surface area contributed by atoms with Crippen LogP contribution in [0, 0.1) is 5.82 Å². The summed E-state index contributed by atoms with van der Waals surface area (Å²) < 4.78 is 12.7. The number of nitrogens with one attached hydrogen (secondary N) is 1. The van der Waals surface area contributed by atoms with Crippen LogP contribution in [0.4, 0.5) is 4.39 Å². The lowest BCUT2D eigenvalue weighted by Crippen LogP contribution is -2.26. The van der Waals surface area contributed by atoms with Crippen LogP contribution in [0.1, 0.15) is 24.9 Å². The Morgan fingerprint density at radius 3 is 2.50 bits per heavy atom. The zero-order valence-corrected chi connectivity index (χ0v) is 12.4. The number of alkyl halides is 2. The summed E-state index contributed by atoms with van der Waals surface area (Å²) in [5.41, 5.74) is 1.11. The smallest absolute Gasteiger partial charge is 0.123 e. The van der Waals surface area contributed by atoms with Crippen molar-refractivity contribution in [3.63, 3.8) is 0 Å². The van der Waals surface area contributed by atoms with Crippen molar-refractivity contribution in [3.05, 3.63) is 35.6 Å². The molecule has 0 bridgehead atoms. The van der Waals surface area contributed by atoms with Gasteiger partial charge in [0.2, 0.25) is 0 Å². The first-order valence-corrected chi connectivity index (χ1v) is 7.36. The summed E-state index contributed by atoms with van der Waals surface area (Å²) in [6.45, 7) is 2.99. The van der Waals surface area contributed by atoms with Gasteiger partial charge in [-0.3, -0.25) is 0 Å². The van der Waals surface area contributed by atoms with Crippen molar-refractivity contribution in [2.75, 3.05) is 11.9 Å². The maximum atomic E-state index is 12.7. The highest BCUT2D eigenvalue weighted by Gasteiger charge is 2.08. The van der Waals surface area contributed by atoms with E-state index in [1.54, 1.807) is 0 Å². The summed E-state index contributed by atoms with van der Waals surface area (Å²) >= 11 is 7.01. The molecule has 0 radical (unpaired) electrons. The first-order valence-electron chi connectivity index (χ1n) is 5.32. The quantitative estimate of drug-likeness (QED) is 0.762. The molecule has 0 fully saturated rings. The third-order valence-corrected chi connectivity index (χ3v) is 3.68. The van der Waals surface area contributed by atoms with Crippen LogP contribution in [0.2, 0.25) is 0 Å². The van der Waals surface area contributed by atoms with Crippen LogP contribution in [-0.2, 0) is 0 Å². The second-order valence-corrected chi connectivity index (χ2v) is 5.84. The monoisotopic (exact) mass is 351 g/mol. The van der Waals surface area contributed by atoms with Gasteiger partial charge in [0.05, 0.1) is 0 Å². The van der Waals surface area contributed by atoms with Crippen LogP contribution in [-0.4, -0.2) is 16.7 Å². The highest BCUT2D eigenvalue weighted by molar-refractivity contribution is 9.10. The van der Waals surface area contributed by atoms with Gasteiger partial charge in [-0.05, 0) is 31.0 Å². The molecule has 0 saturated heterocycles. The Morgan fingerprint density at radius 1 is 1.31 bits per heavy atom. The average Bonchev–Trinajstić information content (AvgIpc) is 2.27. The topological polar surface area (TPSA) is 12.0 Å². The van der Waals surface area contributed by atoms with Gasteiger partial charge in [0.1, 0.15) is 5.82 Å². The molecule has 4 heteroatoms. The number of halogens is 3. The lowest BCUT2D eigenvalue weighted by Gasteiger charge is -2.16. The Kier molecular flexibility index (Phi) is 6.54. The molecule has 0 aliphatic carbocycles. The van der Waals surface area contributed by atoms with Gasteiger partial charge in [0.25, 0.3) is 0 Å². The van der Waals surface area contributed by atoms with E-state index in [0.717, 1.165) is 23.9 Å². The summed E-state index contributed by atoms with van der Waals surface area (Å²) in [4.78, 5) is 0.467. The fourth-order valence-corrected chi connectivity index (χ4v) is 2.98. The zero-order valence-electron chi connectivity index (χ0n) is 9.22. The normalized spacial score (nSPS) is 14.8. The Bertz CT molecular complexity index is 302. The summed E-state index contributed by atoms with van der Waals surface area (Å²) in [5.74, 6) is -0.186. The largest absolute Gasteiger partial charge is 0.309 e. The van der Waals surface area contributed by atoms with Crippen molar-refractivity contribution in [1.82, 2.24) is 5.32 Å². The van der Waals surface area contributed by atoms with Crippen LogP contribution in [0.25, 0.3) is 0 Å². The standard InChI is InChI=1S/C12H16Br2FN/c1-9(16-8-11(14)6-7-13)10-2-4-12(15)5-3-10/h2-5,9,11,16H,6-8H2,1H3. The lowest BCUT2D eigenvalue weighted by atomic mass is 10.1. The molecule has 1 aromatic carbocycles. The molecule has 1 aromatic rings. The third kappa shape index (κ3) is 4.93. The number of rotatable bonds is 6. The predicted molar refractivity (Wildman–Crippen MR) is 73.9 cm³/mol. The van der Waals surface area contributed by atoms with Crippen molar-refractivity contribution in [2.45, 2.75) is 24.2 Å². The summed E-state index contributed by atoms with van der Waals surface area (Å²) in [6, 6.07) is 6.88. The van der Waals surface area contributed by atoms with Gasteiger partial charge in [-0.15, -0.1) is 0 Å². The minimum atomic E-state index is -0.186. The van der Waals surface area contributed by atoms with E-state index in [9.17, 15) is 4.39 Å². The first-order chi connectivity index (χ1) is 7.63. The van der Waals surface area contributed by atoms with Gasteiger partial charge in [0, 0.05) is 22.7 Å². The first kappa shape index (κ1) is 14.1. The molecule has 2 unspecified atom stereocenters. The van der Waals surface area contributed by atoms with Crippen molar-refractivity contribution in [1.29, 1.82) is 0 Å². The fraction of sp³-hybridized carbons (Fsp3) is 0.500. The van der Waals surface area contributed by atoms with Crippen LogP contribution >= 0.6 is 31.9 Å². The van der Waals surface area contributed by atoms with E-state index in [0.29, 0.717) is 4.83 Å². The number of hydrogen-bond acceptors (Lipinski definition) is 1. The predicted octanol–water partition coefficient (Wildman–Crippen LogP) is 4.02. The molecule has 0 aliphatic heterocycles. The Morgan fingerprint density at radius 2 is 1.94 bits per heavy atom. The lowest BCUT2D eigenvalue weighted by molar-refractivity contribution is 0.563. The molecular formula is C12H16Br2FN. The van der Waals surface area contributed by atoms with Crippen LogP contribution in [0.15, 0.2) is 24.3 Å². The van der Waals surface area contributed by atoms with Crippen LogP contribution in [0.5, 0.6) is 0 Å². The molecule has 1 N–H and O–H groups in total. The average molecular weight is 353 g/mol. The molecular weight excluding hydrogens is 337 g/mol. The van der Waals surface area contributed by atoms with Crippen molar-refractivity contribution < 1.29 is 4.39 Å². The molecule has 1 nitrogen and oxygen atoms in total. The molecule has 0 amide bonds. The molecule has 0 aromatic heterocycles. The van der Waals surface area contributed by atoms with Gasteiger partial charge >= 0.3 is 0 Å². The highest BCUT2D eigenvalue weighted by atomic mass is 79.9. The van der Waals surface area contributed by atoms with Gasteiger partial charge in [-0.1, -0.05) is 44.0 Å². The molecule has 1 rings (SSSR count). The number of hydrogen-bond donors (Lipinski definition) is 1. The summed E-state index contributed by atoms with van der Waals surface area (Å²) in [6.07, 6.45) is 1.09. The minimum absolute atomic E-state index is 0.186. The maximum absolute atomic E-state index is 12.7. The van der Waals surface area contributed by atoms with Gasteiger partial charge in [0.15, 0.2) is 0 Å². The minimum Gasteiger partial charge on any atom is -0.309 e. The Labute approximate surface area is 113 Å². The van der Waals surface area contributed by atoms with E-state index >= 15 is 0 Å². The molecule has 0 saturated carbocycles. The van der Waals surface area contributed by atoms with E-state index in [4.69, 9.17) is 0 Å². The fourth-order valence-electron chi connectivity index (χ4n) is 1.39. The van der Waals surface area contributed by atoms with Crippen molar-refractivity contribution in [2.24, 2.45) is 0 Å². The third-order valence-electron chi connectivity index (χ3n) is 2.44. The number of benzene rings is 1. The van der Waals surface area contributed by atoms with Gasteiger partial charge in [-0.25, -0.2) is 4.39 Å².